The third-order valence-corrected chi connectivity index (χ3v) is 4.05. The van der Waals surface area contributed by atoms with Crippen molar-refractivity contribution >= 4 is 11.7 Å². The highest BCUT2D eigenvalue weighted by molar-refractivity contribution is 5.76. The van der Waals surface area contributed by atoms with Crippen molar-refractivity contribution in [2.75, 3.05) is 0 Å². The summed E-state index contributed by atoms with van der Waals surface area (Å²) < 4.78 is 8.76. The summed E-state index contributed by atoms with van der Waals surface area (Å²) in [7, 11) is 0. The van der Waals surface area contributed by atoms with E-state index in [4.69, 9.17) is 10.5 Å². The van der Waals surface area contributed by atoms with E-state index in [2.05, 4.69) is 15.3 Å². The van der Waals surface area contributed by atoms with Gasteiger partial charge in [0.1, 0.15) is 30.8 Å². The molecule has 0 atom stereocenters. The Balaban J connectivity index is 1.54. The van der Waals surface area contributed by atoms with Gasteiger partial charge in [0.05, 0.1) is 19.2 Å². The Morgan fingerprint density at radius 3 is 2.71 bits per heavy atom. The number of carbonyl (C=O) groups excluding carboxylic acids is 1. The number of hydrogen-bond acceptors (Lipinski definition) is 7. The van der Waals surface area contributed by atoms with Crippen LogP contribution in [0.3, 0.4) is 0 Å². The molecule has 11 nitrogen and oxygen atoms in total. The van der Waals surface area contributed by atoms with Crippen LogP contribution >= 0.6 is 0 Å². The first-order valence-corrected chi connectivity index (χ1v) is 8.48. The van der Waals surface area contributed by atoms with Gasteiger partial charge >= 0.3 is 5.82 Å². The maximum Gasteiger partial charge on any atom is 0.342 e. The molecule has 28 heavy (non-hydrogen) atoms. The number of aromatic nitrogens is 5. The van der Waals surface area contributed by atoms with Crippen LogP contribution in [0.25, 0.3) is 0 Å². The van der Waals surface area contributed by atoms with Gasteiger partial charge in [-0.15, -0.1) is 5.10 Å². The summed E-state index contributed by atoms with van der Waals surface area (Å²) in [6.45, 7) is 2.70. The van der Waals surface area contributed by atoms with Crippen LogP contribution in [0.4, 0.5) is 5.82 Å². The molecule has 0 spiro atoms. The van der Waals surface area contributed by atoms with Crippen molar-refractivity contribution in [2.45, 2.75) is 33.0 Å². The summed E-state index contributed by atoms with van der Waals surface area (Å²) in [6.07, 6.45) is 3.15. The summed E-state index contributed by atoms with van der Waals surface area (Å²) in [6, 6.07) is 7.06. The van der Waals surface area contributed by atoms with E-state index in [1.807, 2.05) is 0 Å². The third kappa shape index (κ3) is 4.69. The van der Waals surface area contributed by atoms with Gasteiger partial charge in [-0.2, -0.15) is 0 Å². The van der Waals surface area contributed by atoms with Crippen LogP contribution in [0.15, 0.2) is 36.7 Å². The Labute approximate surface area is 159 Å². The van der Waals surface area contributed by atoms with Gasteiger partial charge in [0.25, 0.3) is 0 Å². The van der Waals surface area contributed by atoms with Crippen molar-refractivity contribution in [1.82, 2.24) is 24.5 Å². The monoisotopic (exact) mass is 385 g/mol. The van der Waals surface area contributed by atoms with Crippen LogP contribution in [-0.2, 0) is 30.9 Å². The molecule has 11 heteroatoms. The Morgan fingerprint density at radius 2 is 2.04 bits per heavy atom. The molecule has 0 aliphatic heterocycles. The standard InChI is InChI=1S/C17H19N7O4/c1-12-19-9-17(24(26)27)23(12)7-6-22-10-14(20-21-22)11-28-15-4-2-13(3-5-15)8-16(18)25/h2-5,9-10H,6-8,11H2,1H3,(H2,18,25). The van der Waals surface area contributed by atoms with E-state index < -0.39 is 4.92 Å². The van der Waals surface area contributed by atoms with Gasteiger partial charge in [0, 0.05) is 6.92 Å². The molecule has 0 bridgehead atoms. The maximum absolute atomic E-state index is 11.0. The molecule has 3 aromatic rings. The molecule has 0 aliphatic rings. The Bertz CT molecular complexity index is 978. The highest BCUT2D eigenvalue weighted by Crippen LogP contribution is 2.15. The van der Waals surface area contributed by atoms with Crippen molar-refractivity contribution < 1.29 is 14.5 Å². The quantitative estimate of drug-likeness (QED) is 0.427. The van der Waals surface area contributed by atoms with Crippen molar-refractivity contribution in [3.05, 3.63) is 63.9 Å². The lowest BCUT2D eigenvalue weighted by Gasteiger charge is -2.05. The molecule has 2 aromatic heterocycles. The van der Waals surface area contributed by atoms with Crippen molar-refractivity contribution in [3.63, 3.8) is 0 Å². The number of primary amides is 1. The molecule has 1 amide bonds. The number of rotatable bonds is 9. The predicted molar refractivity (Wildman–Crippen MR) is 97.3 cm³/mol. The number of imidazole rings is 1. The number of benzene rings is 1. The van der Waals surface area contributed by atoms with E-state index in [1.54, 1.807) is 42.1 Å². The number of nitro groups is 1. The number of carbonyl (C=O) groups is 1. The highest BCUT2D eigenvalue weighted by atomic mass is 16.6. The first-order chi connectivity index (χ1) is 13.4. The maximum atomic E-state index is 11.0. The lowest BCUT2D eigenvalue weighted by Crippen LogP contribution is -2.13. The van der Waals surface area contributed by atoms with Crippen LogP contribution in [0.2, 0.25) is 0 Å². The van der Waals surface area contributed by atoms with Gasteiger partial charge in [-0.25, -0.2) is 14.2 Å². The van der Waals surface area contributed by atoms with Crippen LogP contribution < -0.4 is 10.5 Å². The summed E-state index contributed by atoms with van der Waals surface area (Å²) in [5.74, 6) is 0.755. The fourth-order valence-corrected chi connectivity index (χ4v) is 2.66. The average Bonchev–Trinajstić information content (AvgIpc) is 3.25. The largest absolute Gasteiger partial charge is 0.487 e. The highest BCUT2D eigenvalue weighted by Gasteiger charge is 2.17. The van der Waals surface area contributed by atoms with Crippen molar-refractivity contribution in [3.8, 4) is 5.75 Å². The topological polar surface area (TPSA) is 144 Å². The molecule has 0 fully saturated rings. The molecule has 0 saturated heterocycles. The van der Waals surface area contributed by atoms with Crippen LogP contribution in [0, 0.1) is 17.0 Å². The summed E-state index contributed by atoms with van der Waals surface area (Å²) in [5.41, 5.74) is 6.60. The smallest absolute Gasteiger partial charge is 0.342 e. The van der Waals surface area contributed by atoms with Crippen LogP contribution in [0.5, 0.6) is 5.75 Å². The van der Waals surface area contributed by atoms with E-state index in [0.717, 1.165) is 5.56 Å². The molecule has 0 unspecified atom stereocenters. The average molecular weight is 385 g/mol. The third-order valence-electron chi connectivity index (χ3n) is 4.05. The van der Waals surface area contributed by atoms with Gasteiger partial charge in [0.2, 0.25) is 5.91 Å². The Kier molecular flexibility index (Phi) is 5.63. The molecular weight excluding hydrogens is 366 g/mol. The molecule has 146 valence electrons. The van der Waals surface area contributed by atoms with Gasteiger partial charge in [-0.3, -0.25) is 4.79 Å². The summed E-state index contributed by atoms with van der Waals surface area (Å²) in [5, 5.41) is 19.1. The zero-order valence-corrected chi connectivity index (χ0v) is 15.2. The van der Waals surface area contributed by atoms with E-state index in [9.17, 15) is 14.9 Å². The first-order valence-electron chi connectivity index (χ1n) is 8.48. The second-order valence-corrected chi connectivity index (χ2v) is 6.12. The minimum absolute atomic E-state index is 0.0547. The number of amides is 1. The molecular formula is C17H19N7O4. The Hall–Kier alpha value is -3.76. The predicted octanol–water partition coefficient (Wildman–Crippen LogP) is 0.998. The summed E-state index contributed by atoms with van der Waals surface area (Å²) in [4.78, 5) is 25.4. The minimum atomic E-state index is -0.463. The van der Waals surface area contributed by atoms with Gasteiger partial charge in [-0.05, 0) is 22.6 Å². The number of nitrogens with zero attached hydrogens (tertiary/aromatic N) is 6. The molecule has 1 aromatic carbocycles. The van der Waals surface area contributed by atoms with E-state index in [0.29, 0.717) is 30.4 Å². The number of hydrogen-bond donors (Lipinski definition) is 1. The number of nitrogens with two attached hydrogens (primary N) is 1. The zero-order valence-electron chi connectivity index (χ0n) is 15.2. The van der Waals surface area contributed by atoms with E-state index in [-0.39, 0.29) is 24.8 Å². The fourth-order valence-electron chi connectivity index (χ4n) is 2.66. The first kappa shape index (κ1) is 19.0. The molecule has 2 heterocycles. The summed E-state index contributed by atoms with van der Waals surface area (Å²) >= 11 is 0. The molecule has 2 N–H and O–H groups in total. The lowest BCUT2D eigenvalue weighted by atomic mass is 10.1. The second kappa shape index (κ2) is 8.29. The normalized spacial score (nSPS) is 10.8. The molecule has 0 saturated carbocycles. The fraction of sp³-hybridized carbons (Fsp3) is 0.294. The number of aryl methyl sites for hydroxylation is 2. The second-order valence-electron chi connectivity index (χ2n) is 6.12. The molecule has 3 rings (SSSR count). The zero-order chi connectivity index (χ0) is 20.1. The minimum Gasteiger partial charge on any atom is -0.487 e. The SMILES string of the molecule is Cc1ncc([N+](=O)[O-])n1CCn1cc(COc2ccc(CC(N)=O)cc2)nn1. The van der Waals surface area contributed by atoms with Gasteiger partial charge in [-0.1, -0.05) is 17.3 Å². The van der Waals surface area contributed by atoms with Gasteiger partial charge < -0.3 is 20.6 Å². The van der Waals surface area contributed by atoms with Crippen molar-refractivity contribution in [1.29, 1.82) is 0 Å². The van der Waals surface area contributed by atoms with Crippen LogP contribution in [-0.4, -0.2) is 35.4 Å². The van der Waals surface area contributed by atoms with Crippen molar-refractivity contribution in [2.24, 2.45) is 5.73 Å². The number of ether oxygens (including phenoxy) is 1. The van der Waals surface area contributed by atoms with Gasteiger partial charge in [0.15, 0.2) is 5.82 Å². The molecule has 0 aliphatic carbocycles. The Morgan fingerprint density at radius 1 is 1.29 bits per heavy atom. The van der Waals surface area contributed by atoms with E-state index >= 15 is 0 Å². The van der Waals surface area contributed by atoms with Crippen LogP contribution in [0.1, 0.15) is 17.1 Å². The lowest BCUT2D eigenvalue weighted by molar-refractivity contribution is -0.392. The van der Waals surface area contributed by atoms with E-state index in [1.165, 1.54) is 10.8 Å². The molecule has 0 radical (unpaired) electrons.